The Labute approximate surface area is 172 Å². The molecule has 1 aromatic rings. The third-order valence-electron chi connectivity index (χ3n) is 5.52. The topological polar surface area (TPSA) is 74.1 Å². The van der Waals surface area contributed by atoms with Crippen molar-refractivity contribution in [2.45, 2.75) is 31.7 Å². The summed E-state index contributed by atoms with van der Waals surface area (Å²) in [5.41, 5.74) is 0.576. The Hall–Kier alpha value is -2.77. The first-order chi connectivity index (χ1) is 14.2. The molecule has 29 heavy (non-hydrogen) atoms. The molecule has 148 valence electrons. The molecule has 4 rings (SSSR count). The zero-order chi connectivity index (χ0) is 20.1. The molecule has 2 unspecified atom stereocenters. The van der Waals surface area contributed by atoms with E-state index in [2.05, 4.69) is 32.0 Å². The van der Waals surface area contributed by atoms with Gasteiger partial charge >= 0.3 is 0 Å². The predicted molar refractivity (Wildman–Crippen MR) is 115 cm³/mol. The molecule has 0 aromatic carbocycles. The van der Waals surface area contributed by atoms with Crippen LogP contribution in [0.25, 0.3) is 0 Å². The first kappa shape index (κ1) is 19.5. The second-order valence-corrected chi connectivity index (χ2v) is 7.50. The number of carbonyl (C=O) groups is 1. The van der Waals surface area contributed by atoms with Crippen molar-refractivity contribution in [3.05, 3.63) is 42.8 Å². The van der Waals surface area contributed by atoms with Crippen LogP contribution in [0.3, 0.4) is 0 Å². The lowest BCUT2D eigenvalue weighted by molar-refractivity contribution is -0.131. The summed E-state index contributed by atoms with van der Waals surface area (Å²) in [6, 6.07) is 1.71. The maximum absolute atomic E-state index is 12.6. The lowest BCUT2D eigenvalue weighted by Gasteiger charge is -2.34. The van der Waals surface area contributed by atoms with E-state index in [0.29, 0.717) is 25.1 Å². The minimum atomic E-state index is -0.0933. The summed E-state index contributed by atoms with van der Waals surface area (Å²) in [6.45, 7) is 2.92. The van der Waals surface area contributed by atoms with E-state index in [0.717, 1.165) is 44.1 Å². The van der Waals surface area contributed by atoms with Crippen LogP contribution in [0, 0.1) is 5.92 Å². The van der Waals surface area contributed by atoms with Gasteiger partial charge < -0.3 is 9.80 Å². The largest absolute Gasteiger partial charge is 0.339 e. The van der Waals surface area contributed by atoms with Gasteiger partial charge in [-0.25, -0.2) is 9.97 Å². The molecule has 8 heteroatoms. The zero-order valence-electron chi connectivity index (χ0n) is 16.5. The second kappa shape index (κ2) is 9.16. The molecule has 0 N–H and O–H groups in total. The zero-order valence-corrected chi connectivity index (χ0v) is 16.5. The van der Waals surface area contributed by atoms with Crippen molar-refractivity contribution >= 4 is 31.1 Å². The van der Waals surface area contributed by atoms with E-state index < -0.39 is 0 Å². The van der Waals surface area contributed by atoms with Crippen molar-refractivity contribution < 1.29 is 4.79 Å². The molecule has 3 aliphatic rings. The van der Waals surface area contributed by atoms with Gasteiger partial charge in [0, 0.05) is 50.9 Å². The van der Waals surface area contributed by atoms with Crippen molar-refractivity contribution in [2.24, 2.45) is 15.9 Å². The number of nitrogens with zero attached hydrogens (tertiary/aromatic N) is 6. The van der Waals surface area contributed by atoms with Gasteiger partial charge in [-0.1, -0.05) is 24.3 Å². The van der Waals surface area contributed by atoms with Crippen LogP contribution in [0.1, 0.15) is 25.7 Å². The monoisotopic (exact) mass is 388 g/mol. The van der Waals surface area contributed by atoms with E-state index in [1.165, 1.54) is 0 Å². The average molecular weight is 388 g/mol. The predicted octanol–water partition coefficient (Wildman–Crippen LogP) is 1.78. The molecule has 2 radical (unpaired) electrons. The number of aromatic nitrogens is 2. The van der Waals surface area contributed by atoms with Crippen molar-refractivity contribution in [2.75, 3.05) is 31.1 Å². The summed E-state index contributed by atoms with van der Waals surface area (Å²) < 4.78 is 0. The maximum Gasteiger partial charge on any atom is 0.225 e. The van der Waals surface area contributed by atoms with Gasteiger partial charge in [0.1, 0.15) is 13.7 Å². The molecule has 1 fully saturated rings. The molecule has 0 bridgehead atoms. The first-order valence-corrected chi connectivity index (χ1v) is 10.3. The summed E-state index contributed by atoms with van der Waals surface area (Å²) in [5.74, 6) is 1.96. The van der Waals surface area contributed by atoms with Gasteiger partial charge in [0.2, 0.25) is 11.9 Å². The molecule has 7 nitrogen and oxygen atoms in total. The molecule has 0 saturated carbocycles. The van der Waals surface area contributed by atoms with E-state index in [1.807, 2.05) is 17.1 Å². The van der Waals surface area contributed by atoms with Crippen LogP contribution >= 0.6 is 0 Å². The lowest BCUT2D eigenvalue weighted by atomic mass is 9.91. The standard InChI is InChI=1S/C21H25BN6O/c22-19-17(25-20(26-19)16-6-2-1-3-7-16)8-4-9-18(29)27-12-14-28(15-13-27)21-23-10-5-11-24-21/h1-3,5-6,10-11,16-17H,4,7-9,12-15H2. The summed E-state index contributed by atoms with van der Waals surface area (Å²) in [6.07, 6.45) is 14.7. The Morgan fingerprint density at radius 2 is 1.93 bits per heavy atom. The van der Waals surface area contributed by atoms with Gasteiger partial charge in [-0.05, 0) is 30.9 Å². The number of allylic oxidation sites excluding steroid dienone is 3. The normalized spacial score (nSPS) is 23.9. The van der Waals surface area contributed by atoms with Gasteiger partial charge in [0.25, 0.3) is 0 Å². The summed E-state index contributed by atoms with van der Waals surface area (Å²) in [7, 11) is 6.09. The maximum atomic E-state index is 12.6. The number of rotatable bonds is 6. The van der Waals surface area contributed by atoms with E-state index in [1.54, 1.807) is 18.5 Å². The molecule has 1 saturated heterocycles. The Balaban J connectivity index is 1.21. The molecular weight excluding hydrogens is 363 g/mol. The van der Waals surface area contributed by atoms with Gasteiger partial charge in [0.15, 0.2) is 0 Å². The van der Waals surface area contributed by atoms with Gasteiger partial charge in [-0.3, -0.25) is 14.8 Å². The SMILES string of the molecule is [B]C1=NC(C2C=CC=CC2)=NC1CCCC(=O)N1CCN(c2ncccn2)CC1. The van der Waals surface area contributed by atoms with Crippen molar-refractivity contribution in [1.82, 2.24) is 14.9 Å². The van der Waals surface area contributed by atoms with Crippen molar-refractivity contribution in [3.8, 4) is 0 Å². The minimum absolute atomic E-state index is 0.0933. The van der Waals surface area contributed by atoms with Crippen LogP contribution in [-0.2, 0) is 4.79 Å². The number of hydrogen-bond acceptors (Lipinski definition) is 6. The second-order valence-electron chi connectivity index (χ2n) is 7.50. The number of hydrogen-bond donors (Lipinski definition) is 0. The van der Waals surface area contributed by atoms with Crippen LogP contribution in [0.4, 0.5) is 5.95 Å². The lowest BCUT2D eigenvalue weighted by Crippen LogP contribution is -2.49. The summed E-state index contributed by atoms with van der Waals surface area (Å²) in [5, 5.41) is 0. The summed E-state index contributed by atoms with van der Waals surface area (Å²) in [4.78, 5) is 34.3. The molecule has 0 spiro atoms. The highest BCUT2D eigenvalue weighted by atomic mass is 16.2. The number of aliphatic imine (C=N–C) groups is 2. The van der Waals surface area contributed by atoms with E-state index in [4.69, 9.17) is 12.8 Å². The fraction of sp³-hybridized carbons (Fsp3) is 0.476. The molecule has 2 aliphatic heterocycles. The summed E-state index contributed by atoms with van der Waals surface area (Å²) >= 11 is 0. The van der Waals surface area contributed by atoms with E-state index >= 15 is 0 Å². The van der Waals surface area contributed by atoms with Crippen LogP contribution in [0.5, 0.6) is 0 Å². The third kappa shape index (κ3) is 4.81. The number of amidine groups is 1. The Kier molecular flexibility index (Phi) is 6.17. The minimum Gasteiger partial charge on any atom is -0.339 e. The molecule has 3 heterocycles. The molecule has 2 atom stereocenters. The van der Waals surface area contributed by atoms with Crippen LogP contribution in [-0.4, -0.2) is 72.3 Å². The van der Waals surface area contributed by atoms with Crippen molar-refractivity contribution in [3.63, 3.8) is 0 Å². The fourth-order valence-electron chi connectivity index (χ4n) is 3.84. The molecule has 1 aromatic heterocycles. The van der Waals surface area contributed by atoms with Gasteiger partial charge in [-0.15, -0.1) is 0 Å². The Morgan fingerprint density at radius 1 is 1.14 bits per heavy atom. The first-order valence-electron chi connectivity index (χ1n) is 10.3. The van der Waals surface area contributed by atoms with Crippen LogP contribution in [0.2, 0.25) is 0 Å². The highest BCUT2D eigenvalue weighted by Crippen LogP contribution is 2.21. The molecule has 1 aliphatic carbocycles. The number of amides is 1. The third-order valence-corrected chi connectivity index (χ3v) is 5.52. The quantitative estimate of drug-likeness (QED) is 0.697. The van der Waals surface area contributed by atoms with Crippen LogP contribution < -0.4 is 4.90 Å². The van der Waals surface area contributed by atoms with E-state index in [9.17, 15) is 4.79 Å². The van der Waals surface area contributed by atoms with Gasteiger partial charge in [-0.2, -0.15) is 0 Å². The van der Waals surface area contributed by atoms with E-state index in [-0.39, 0.29) is 17.9 Å². The molecular formula is C21H25BN6O. The average Bonchev–Trinajstić information content (AvgIpc) is 3.15. The highest BCUT2D eigenvalue weighted by Gasteiger charge is 2.25. The smallest absolute Gasteiger partial charge is 0.225 e. The Morgan fingerprint density at radius 3 is 2.66 bits per heavy atom. The Bertz CT molecular complexity index is 842. The number of piperazine rings is 1. The number of anilines is 1. The van der Waals surface area contributed by atoms with Gasteiger partial charge in [0.05, 0.1) is 6.04 Å². The van der Waals surface area contributed by atoms with Crippen molar-refractivity contribution in [1.29, 1.82) is 0 Å². The highest BCUT2D eigenvalue weighted by molar-refractivity contribution is 6.62. The van der Waals surface area contributed by atoms with Crippen LogP contribution in [0.15, 0.2) is 52.7 Å². The number of carbonyl (C=O) groups excluding carboxylic acids is 1. The molecule has 1 amide bonds. The fourth-order valence-corrected chi connectivity index (χ4v) is 3.84.